The lowest BCUT2D eigenvalue weighted by atomic mass is 10.2. The molecule has 0 unspecified atom stereocenters. The lowest BCUT2D eigenvalue weighted by Gasteiger charge is -2.14. The van der Waals surface area contributed by atoms with Gasteiger partial charge < -0.3 is 14.6 Å². The van der Waals surface area contributed by atoms with Crippen molar-refractivity contribution in [3.05, 3.63) is 22.4 Å². The highest BCUT2D eigenvalue weighted by molar-refractivity contribution is 7.71. The quantitative estimate of drug-likeness (QED) is 0.810. The van der Waals surface area contributed by atoms with Crippen molar-refractivity contribution in [3.8, 4) is 0 Å². The van der Waals surface area contributed by atoms with E-state index in [1.807, 2.05) is 10.6 Å². The first-order chi connectivity index (χ1) is 9.75. The summed E-state index contributed by atoms with van der Waals surface area (Å²) in [5, 5.41) is 9.95. The highest BCUT2D eigenvalue weighted by atomic mass is 32.1. The number of nitrogens with zero attached hydrogens (tertiary/aromatic N) is 2. The third-order valence-electron chi connectivity index (χ3n) is 3.51. The Balaban J connectivity index is 1.55. The number of amides is 1. The van der Waals surface area contributed by atoms with Gasteiger partial charge in [0.2, 0.25) is 0 Å². The van der Waals surface area contributed by atoms with Gasteiger partial charge in [0.1, 0.15) is 5.82 Å². The zero-order valence-electron chi connectivity index (χ0n) is 11.2. The second kappa shape index (κ2) is 5.78. The number of nitrogens with one attached hydrogen (secondary N) is 2. The van der Waals surface area contributed by atoms with Gasteiger partial charge in [-0.2, -0.15) is 5.10 Å². The molecule has 0 atom stereocenters. The van der Waals surface area contributed by atoms with Gasteiger partial charge in [-0.15, -0.1) is 0 Å². The van der Waals surface area contributed by atoms with Crippen molar-refractivity contribution in [1.82, 2.24) is 20.1 Å². The fourth-order valence-electron chi connectivity index (χ4n) is 2.28. The highest BCUT2D eigenvalue weighted by Gasteiger charge is 2.28. The molecule has 1 aliphatic heterocycles. The lowest BCUT2D eigenvalue weighted by molar-refractivity contribution is -0.121. The second-order valence-electron chi connectivity index (χ2n) is 5.13. The van der Waals surface area contributed by atoms with Crippen LogP contribution in [-0.4, -0.2) is 33.8 Å². The highest BCUT2D eigenvalue weighted by Crippen LogP contribution is 2.38. The van der Waals surface area contributed by atoms with E-state index in [4.69, 9.17) is 17.0 Å². The molecule has 0 aromatic carbocycles. The van der Waals surface area contributed by atoms with E-state index in [9.17, 15) is 4.79 Å². The second-order valence-corrected chi connectivity index (χ2v) is 5.51. The molecule has 0 spiro atoms. The van der Waals surface area contributed by atoms with Crippen LogP contribution in [0.2, 0.25) is 0 Å². The van der Waals surface area contributed by atoms with E-state index in [0.717, 1.165) is 18.7 Å². The summed E-state index contributed by atoms with van der Waals surface area (Å²) >= 11 is 5.22. The molecule has 1 aliphatic carbocycles. The number of carbonyl (C=O) groups is 1. The third kappa shape index (κ3) is 2.92. The number of hydrogen-bond acceptors (Lipinski definition) is 4. The largest absolute Gasteiger partial charge is 0.488 e. The molecular formula is C13H18N4O2S. The molecule has 1 amide bonds. The minimum atomic E-state index is -0.146. The number of aromatic amines is 1. The first kappa shape index (κ1) is 13.4. The topological polar surface area (TPSA) is 71.9 Å². The first-order valence-corrected chi connectivity index (χ1v) is 7.43. The molecule has 0 saturated heterocycles. The molecule has 20 heavy (non-hydrogen) atoms. The maximum absolute atomic E-state index is 11.9. The molecule has 0 radical (unpaired) electrons. The van der Waals surface area contributed by atoms with Gasteiger partial charge in [-0.3, -0.25) is 9.89 Å². The molecule has 1 saturated carbocycles. The van der Waals surface area contributed by atoms with Gasteiger partial charge in [0.05, 0.1) is 6.61 Å². The van der Waals surface area contributed by atoms with Crippen LogP contribution >= 0.6 is 12.2 Å². The van der Waals surface area contributed by atoms with Crippen LogP contribution in [0.5, 0.6) is 0 Å². The molecule has 6 nitrogen and oxygen atoms in total. The fraction of sp³-hybridized carbons (Fsp3) is 0.615. The Hall–Kier alpha value is -1.63. The minimum Gasteiger partial charge on any atom is -0.488 e. The number of ether oxygens (including phenoxy) is 1. The van der Waals surface area contributed by atoms with Crippen LogP contribution in [0, 0.1) is 4.77 Å². The van der Waals surface area contributed by atoms with Crippen molar-refractivity contribution >= 4 is 18.1 Å². The standard InChI is InChI=1S/C13H18N4O2S/c18-12(10-3-1-2-8-19-10)14-6-7-17-11(9-4-5-9)15-16-13(17)20/h3,9H,1-2,4-8H2,(H,14,18)(H,16,20). The molecule has 2 N–H and O–H groups in total. The van der Waals surface area contributed by atoms with E-state index in [0.29, 0.717) is 36.1 Å². The minimum absolute atomic E-state index is 0.146. The molecular weight excluding hydrogens is 276 g/mol. The summed E-state index contributed by atoms with van der Waals surface area (Å²) in [7, 11) is 0. The summed E-state index contributed by atoms with van der Waals surface area (Å²) in [6.45, 7) is 1.78. The monoisotopic (exact) mass is 294 g/mol. The summed E-state index contributed by atoms with van der Waals surface area (Å²) in [5.74, 6) is 1.84. The molecule has 0 bridgehead atoms. The lowest BCUT2D eigenvalue weighted by Crippen LogP contribution is -2.30. The van der Waals surface area contributed by atoms with Crippen molar-refractivity contribution in [2.24, 2.45) is 0 Å². The van der Waals surface area contributed by atoms with E-state index in [1.165, 1.54) is 12.8 Å². The van der Waals surface area contributed by atoms with Crippen LogP contribution < -0.4 is 5.32 Å². The zero-order chi connectivity index (χ0) is 13.9. The molecule has 7 heteroatoms. The molecule has 108 valence electrons. The molecule has 1 aromatic heterocycles. The molecule has 2 heterocycles. The van der Waals surface area contributed by atoms with Crippen molar-refractivity contribution in [3.63, 3.8) is 0 Å². The number of aromatic nitrogens is 3. The Morgan fingerprint density at radius 2 is 2.45 bits per heavy atom. The fourth-order valence-corrected chi connectivity index (χ4v) is 2.51. The Bertz CT molecular complexity index is 585. The van der Waals surface area contributed by atoms with Gasteiger partial charge in [0, 0.05) is 19.0 Å². The van der Waals surface area contributed by atoms with Crippen LogP contribution in [0.4, 0.5) is 0 Å². The van der Waals surface area contributed by atoms with Crippen molar-refractivity contribution in [2.75, 3.05) is 13.2 Å². The normalized spacial score (nSPS) is 18.3. The molecule has 3 rings (SSSR count). The summed E-state index contributed by atoms with van der Waals surface area (Å²) in [6, 6.07) is 0. The average molecular weight is 294 g/mol. The summed E-state index contributed by atoms with van der Waals surface area (Å²) in [6.07, 6.45) is 6.07. The smallest absolute Gasteiger partial charge is 0.286 e. The van der Waals surface area contributed by atoms with Crippen molar-refractivity contribution in [2.45, 2.75) is 38.1 Å². The zero-order valence-corrected chi connectivity index (χ0v) is 12.0. The SMILES string of the molecule is O=C(NCCn1c(C2CC2)n[nH]c1=S)C1=CCCCO1. The van der Waals surface area contributed by atoms with Crippen molar-refractivity contribution in [1.29, 1.82) is 0 Å². The molecule has 1 aromatic rings. The Kier molecular flexibility index (Phi) is 3.86. The maximum atomic E-state index is 11.9. The predicted octanol–water partition coefficient (Wildman–Crippen LogP) is 1.63. The van der Waals surface area contributed by atoms with Crippen LogP contribution in [0.1, 0.15) is 37.4 Å². The summed E-state index contributed by atoms with van der Waals surface area (Å²) < 4.78 is 7.92. The van der Waals surface area contributed by atoms with E-state index in [2.05, 4.69) is 15.5 Å². The number of hydrogen-bond donors (Lipinski definition) is 2. The number of carbonyl (C=O) groups excluding carboxylic acids is 1. The van der Waals surface area contributed by atoms with Gasteiger partial charge in [0.25, 0.3) is 5.91 Å². The predicted molar refractivity (Wildman–Crippen MR) is 75.7 cm³/mol. The van der Waals surface area contributed by atoms with Gasteiger partial charge in [0.15, 0.2) is 10.5 Å². The van der Waals surface area contributed by atoms with E-state index >= 15 is 0 Å². The van der Waals surface area contributed by atoms with Crippen LogP contribution in [0.3, 0.4) is 0 Å². The first-order valence-electron chi connectivity index (χ1n) is 7.02. The molecule has 2 aliphatic rings. The van der Waals surface area contributed by atoms with Gasteiger partial charge in [-0.05, 0) is 44.0 Å². The van der Waals surface area contributed by atoms with Gasteiger partial charge in [-0.1, -0.05) is 0 Å². The number of allylic oxidation sites excluding steroid dienone is 1. The Labute approximate surface area is 122 Å². The third-order valence-corrected chi connectivity index (χ3v) is 3.82. The Morgan fingerprint density at radius 3 is 3.15 bits per heavy atom. The molecule has 1 fully saturated rings. The van der Waals surface area contributed by atoms with Crippen LogP contribution in [0.15, 0.2) is 11.8 Å². The number of rotatable bonds is 5. The summed E-state index contributed by atoms with van der Waals surface area (Å²) in [5.41, 5.74) is 0. The van der Waals surface area contributed by atoms with E-state index < -0.39 is 0 Å². The van der Waals surface area contributed by atoms with Crippen molar-refractivity contribution < 1.29 is 9.53 Å². The maximum Gasteiger partial charge on any atom is 0.286 e. The Morgan fingerprint density at radius 1 is 1.60 bits per heavy atom. The van der Waals surface area contributed by atoms with Crippen LogP contribution in [0.25, 0.3) is 0 Å². The van der Waals surface area contributed by atoms with Gasteiger partial charge >= 0.3 is 0 Å². The van der Waals surface area contributed by atoms with E-state index in [-0.39, 0.29) is 5.91 Å². The number of H-pyrrole nitrogens is 1. The summed E-state index contributed by atoms with van der Waals surface area (Å²) in [4.78, 5) is 11.9. The van der Waals surface area contributed by atoms with Gasteiger partial charge in [-0.25, -0.2) is 0 Å². The van der Waals surface area contributed by atoms with Crippen LogP contribution in [-0.2, 0) is 16.1 Å². The average Bonchev–Trinajstić information content (AvgIpc) is 3.25. The van der Waals surface area contributed by atoms with E-state index in [1.54, 1.807) is 0 Å².